The molecule has 0 saturated heterocycles. The van der Waals surface area contributed by atoms with Gasteiger partial charge in [0.15, 0.2) is 16.8 Å². The number of carbonyl (C=O) groups excluding carboxylic acids is 1. The van der Waals surface area contributed by atoms with Crippen molar-refractivity contribution in [1.82, 2.24) is 14.8 Å². The molecule has 31 heavy (non-hydrogen) atoms. The second kappa shape index (κ2) is 9.70. The van der Waals surface area contributed by atoms with Crippen LogP contribution in [0.15, 0.2) is 46.0 Å². The predicted octanol–water partition coefficient (Wildman–Crippen LogP) is 7.11. The van der Waals surface area contributed by atoms with E-state index in [2.05, 4.69) is 61.9 Å². The number of rotatable bonds is 6. The molecule has 1 aliphatic rings. The number of Topliss-reactive ketones (excluding diaryl/α,β-unsaturated/α-hetero) is 1. The molecule has 1 fully saturated rings. The van der Waals surface area contributed by atoms with Crippen LogP contribution in [0.2, 0.25) is 0 Å². The molecule has 0 unspecified atom stereocenters. The summed E-state index contributed by atoms with van der Waals surface area (Å²) in [7, 11) is 0. The average molecular weight is 498 g/mol. The fourth-order valence-corrected chi connectivity index (χ4v) is 5.80. The van der Waals surface area contributed by atoms with Gasteiger partial charge in [-0.05, 0) is 56.9 Å². The van der Waals surface area contributed by atoms with E-state index >= 15 is 0 Å². The minimum absolute atomic E-state index is 0.156. The highest BCUT2D eigenvalue weighted by Crippen LogP contribution is 2.36. The van der Waals surface area contributed by atoms with Crippen molar-refractivity contribution in [2.45, 2.75) is 64.1 Å². The first-order valence-electron chi connectivity index (χ1n) is 10.9. The van der Waals surface area contributed by atoms with E-state index in [0.29, 0.717) is 11.8 Å². The van der Waals surface area contributed by atoms with Gasteiger partial charge >= 0.3 is 0 Å². The van der Waals surface area contributed by atoms with E-state index in [1.165, 1.54) is 36.6 Å². The Labute approximate surface area is 197 Å². The summed E-state index contributed by atoms with van der Waals surface area (Å²) >= 11 is 5.03. The normalized spacial score (nSPS) is 14.7. The summed E-state index contributed by atoms with van der Waals surface area (Å²) in [6.07, 6.45) is 6.03. The van der Waals surface area contributed by atoms with Crippen LogP contribution >= 0.6 is 27.7 Å². The number of benzene rings is 2. The highest BCUT2D eigenvalue weighted by atomic mass is 79.9. The van der Waals surface area contributed by atoms with Crippen molar-refractivity contribution in [1.29, 1.82) is 0 Å². The number of hydrogen-bond donors (Lipinski definition) is 0. The van der Waals surface area contributed by atoms with Gasteiger partial charge in [-0.3, -0.25) is 9.36 Å². The summed E-state index contributed by atoms with van der Waals surface area (Å²) in [5, 5.41) is 9.93. The number of carbonyl (C=O) groups is 1. The quantitative estimate of drug-likeness (QED) is 0.268. The Bertz CT molecular complexity index is 1060. The third kappa shape index (κ3) is 4.96. The van der Waals surface area contributed by atoms with Crippen LogP contribution in [0, 0.1) is 20.8 Å². The second-order valence-corrected chi connectivity index (χ2v) is 10.3. The van der Waals surface area contributed by atoms with Crippen molar-refractivity contribution in [3.05, 3.63) is 63.1 Å². The summed E-state index contributed by atoms with van der Waals surface area (Å²) in [6.45, 7) is 6.11. The molecule has 0 bridgehead atoms. The van der Waals surface area contributed by atoms with E-state index in [1.807, 2.05) is 26.0 Å². The number of nitrogens with zero attached hydrogens (tertiary/aromatic N) is 3. The lowest BCUT2D eigenvalue weighted by atomic mass is 9.95. The molecule has 0 aliphatic heterocycles. The van der Waals surface area contributed by atoms with Gasteiger partial charge in [-0.2, -0.15) is 0 Å². The molecule has 0 amide bonds. The lowest BCUT2D eigenvalue weighted by Crippen LogP contribution is -2.16. The van der Waals surface area contributed by atoms with Gasteiger partial charge in [-0.25, -0.2) is 0 Å². The highest BCUT2D eigenvalue weighted by Gasteiger charge is 2.25. The van der Waals surface area contributed by atoms with E-state index in [0.717, 1.165) is 50.5 Å². The van der Waals surface area contributed by atoms with Crippen molar-refractivity contribution < 1.29 is 4.79 Å². The van der Waals surface area contributed by atoms with E-state index in [4.69, 9.17) is 0 Å². The molecule has 0 spiro atoms. The Hall–Kier alpha value is -1.92. The SMILES string of the molecule is Cc1cc(C)c(C(=O)CSc2nnc(-c3ccc(Br)cc3)n2C2CCCCC2)c(C)c1. The molecule has 0 atom stereocenters. The molecular formula is C25H28BrN3OS. The van der Waals surface area contributed by atoms with Gasteiger partial charge in [0, 0.05) is 21.6 Å². The van der Waals surface area contributed by atoms with E-state index in [-0.39, 0.29) is 5.78 Å². The third-order valence-electron chi connectivity index (χ3n) is 6.00. The number of halogens is 1. The zero-order valence-electron chi connectivity index (χ0n) is 18.3. The number of aromatic nitrogens is 3. The molecule has 1 saturated carbocycles. The average Bonchev–Trinajstić information content (AvgIpc) is 3.16. The molecule has 4 nitrogen and oxygen atoms in total. The standard InChI is InChI=1S/C25H28BrN3OS/c1-16-13-17(2)23(18(3)14-16)22(30)15-31-25-28-27-24(19-9-11-20(26)12-10-19)29(25)21-7-5-4-6-8-21/h9-14,21H,4-8,15H2,1-3H3. The molecule has 0 N–H and O–H groups in total. The van der Waals surface area contributed by atoms with Gasteiger partial charge in [0.2, 0.25) is 0 Å². The molecule has 1 heterocycles. The monoisotopic (exact) mass is 497 g/mol. The van der Waals surface area contributed by atoms with Gasteiger partial charge in [0.05, 0.1) is 5.75 Å². The lowest BCUT2D eigenvalue weighted by molar-refractivity contribution is 0.102. The number of aryl methyl sites for hydroxylation is 3. The Morgan fingerprint density at radius 1 is 1.03 bits per heavy atom. The number of thioether (sulfide) groups is 1. The second-order valence-electron chi connectivity index (χ2n) is 8.46. The van der Waals surface area contributed by atoms with Crippen LogP contribution in [-0.2, 0) is 0 Å². The molecule has 4 rings (SSSR count). The first kappa shape index (κ1) is 22.3. The van der Waals surface area contributed by atoms with Crippen LogP contribution in [0.25, 0.3) is 11.4 Å². The Balaban J connectivity index is 1.62. The summed E-state index contributed by atoms with van der Waals surface area (Å²) in [5.41, 5.74) is 5.19. The van der Waals surface area contributed by atoms with E-state index < -0.39 is 0 Å². The van der Waals surface area contributed by atoms with Crippen molar-refractivity contribution in [2.75, 3.05) is 5.75 Å². The third-order valence-corrected chi connectivity index (χ3v) is 7.47. The molecule has 2 aromatic carbocycles. The minimum Gasteiger partial charge on any atom is -0.299 e. The van der Waals surface area contributed by atoms with Crippen LogP contribution in [-0.4, -0.2) is 26.3 Å². The van der Waals surface area contributed by atoms with Crippen molar-refractivity contribution >= 4 is 33.5 Å². The topological polar surface area (TPSA) is 47.8 Å². The van der Waals surface area contributed by atoms with Crippen molar-refractivity contribution in [3.8, 4) is 11.4 Å². The summed E-state index contributed by atoms with van der Waals surface area (Å²) in [4.78, 5) is 13.1. The number of ketones is 1. The molecule has 1 aliphatic carbocycles. The molecule has 0 radical (unpaired) electrons. The smallest absolute Gasteiger partial charge is 0.192 e. The van der Waals surface area contributed by atoms with Crippen LogP contribution in [0.3, 0.4) is 0 Å². The van der Waals surface area contributed by atoms with E-state index in [1.54, 1.807) is 0 Å². The zero-order valence-corrected chi connectivity index (χ0v) is 20.7. The first-order chi connectivity index (χ1) is 14.9. The molecule has 162 valence electrons. The summed E-state index contributed by atoms with van der Waals surface area (Å²) in [6, 6.07) is 12.8. The summed E-state index contributed by atoms with van der Waals surface area (Å²) < 4.78 is 3.33. The van der Waals surface area contributed by atoms with Crippen LogP contribution in [0.1, 0.15) is 65.2 Å². The van der Waals surface area contributed by atoms with E-state index in [9.17, 15) is 4.79 Å². The van der Waals surface area contributed by atoms with Gasteiger partial charge in [-0.15, -0.1) is 10.2 Å². The maximum atomic E-state index is 13.1. The fourth-order valence-electron chi connectivity index (χ4n) is 4.66. The fraction of sp³-hybridized carbons (Fsp3) is 0.400. The Morgan fingerprint density at radius 3 is 2.32 bits per heavy atom. The van der Waals surface area contributed by atoms with Crippen LogP contribution in [0.5, 0.6) is 0 Å². The van der Waals surface area contributed by atoms with Gasteiger partial charge in [-0.1, -0.05) is 76.8 Å². The molecule has 6 heteroatoms. The van der Waals surface area contributed by atoms with Crippen molar-refractivity contribution in [2.24, 2.45) is 0 Å². The molecule has 1 aromatic heterocycles. The molecular weight excluding hydrogens is 470 g/mol. The molecule has 3 aromatic rings. The van der Waals surface area contributed by atoms with Gasteiger partial charge < -0.3 is 0 Å². The predicted molar refractivity (Wildman–Crippen MR) is 131 cm³/mol. The van der Waals surface area contributed by atoms with Crippen molar-refractivity contribution in [3.63, 3.8) is 0 Å². The van der Waals surface area contributed by atoms with Gasteiger partial charge in [0.25, 0.3) is 0 Å². The zero-order chi connectivity index (χ0) is 22.0. The first-order valence-corrected chi connectivity index (χ1v) is 12.7. The van der Waals surface area contributed by atoms with Crippen LogP contribution < -0.4 is 0 Å². The van der Waals surface area contributed by atoms with Crippen LogP contribution in [0.4, 0.5) is 0 Å². The minimum atomic E-state index is 0.156. The Morgan fingerprint density at radius 2 is 1.68 bits per heavy atom. The summed E-state index contributed by atoms with van der Waals surface area (Å²) in [5.74, 6) is 1.43. The van der Waals surface area contributed by atoms with Gasteiger partial charge in [0.1, 0.15) is 0 Å². The highest BCUT2D eigenvalue weighted by molar-refractivity contribution is 9.10. The largest absolute Gasteiger partial charge is 0.299 e. The lowest BCUT2D eigenvalue weighted by Gasteiger charge is -2.25. The maximum Gasteiger partial charge on any atom is 0.192 e. The number of hydrogen-bond acceptors (Lipinski definition) is 4. The maximum absolute atomic E-state index is 13.1. The Kier molecular flexibility index (Phi) is 6.97.